The van der Waals surface area contributed by atoms with Crippen molar-refractivity contribution in [3.05, 3.63) is 48.3 Å². The van der Waals surface area contributed by atoms with Gasteiger partial charge in [0.2, 0.25) is 10.0 Å². The molecular formula is C14H15N3O3S. The second kappa shape index (κ2) is 5.34. The molecule has 1 aliphatic rings. The van der Waals surface area contributed by atoms with Gasteiger partial charge in [-0.25, -0.2) is 13.1 Å². The zero-order chi connectivity index (χ0) is 14.9. The predicted molar refractivity (Wildman–Crippen MR) is 78.3 cm³/mol. The first-order valence-electron chi connectivity index (χ1n) is 6.51. The molecule has 3 rings (SSSR count). The molecule has 110 valence electrons. The lowest BCUT2D eigenvalue weighted by atomic mass is 10.0. The molecule has 0 saturated heterocycles. The van der Waals surface area contributed by atoms with Gasteiger partial charge in [0, 0.05) is 24.4 Å². The second-order valence-electron chi connectivity index (χ2n) is 4.76. The quantitative estimate of drug-likeness (QED) is 0.895. The highest BCUT2D eigenvalue weighted by molar-refractivity contribution is 7.89. The van der Waals surface area contributed by atoms with E-state index in [2.05, 4.69) is 9.71 Å². The Morgan fingerprint density at radius 1 is 1.29 bits per heavy atom. The number of ether oxygens (including phenoxy) is 1. The van der Waals surface area contributed by atoms with Crippen molar-refractivity contribution < 1.29 is 13.2 Å². The molecule has 0 fully saturated rings. The summed E-state index contributed by atoms with van der Waals surface area (Å²) in [6, 6.07) is 8.52. The molecule has 1 atom stereocenters. The third kappa shape index (κ3) is 2.70. The average molecular weight is 305 g/mol. The van der Waals surface area contributed by atoms with Gasteiger partial charge in [-0.1, -0.05) is 18.2 Å². The van der Waals surface area contributed by atoms with Crippen LogP contribution in [0.1, 0.15) is 18.0 Å². The van der Waals surface area contributed by atoms with Crippen LogP contribution in [-0.2, 0) is 10.0 Å². The number of pyridine rings is 1. The van der Waals surface area contributed by atoms with Crippen molar-refractivity contribution in [3.63, 3.8) is 0 Å². The summed E-state index contributed by atoms with van der Waals surface area (Å²) in [5.74, 6) is 0.704. The van der Waals surface area contributed by atoms with Crippen LogP contribution in [-0.4, -0.2) is 20.0 Å². The number of aromatic nitrogens is 1. The van der Waals surface area contributed by atoms with Gasteiger partial charge in [0.1, 0.15) is 10.6 Å². The van der Waals surface area contributed by atoms with Crippen molar-refractivity contribution in [1.29, 1.82) is 0 Å². The molecule has 1 aromatic heterocycles. The Balaban J connectivity index is 1.93. The lowest BCUT2D eigenvalue weighted by Crippen LogP contribution is -2.32. The van der Waals surface area contributed by atoms with Crippen LogP contribution in [0.25, 0.3) is 0 Å². The molecule has 6 nitrogen and oxygen atoms in total. The van der Waals surface area contributed by atoms with Crippen LogP contribution in [0.2, 0.25) is 0 Å². The van der Waals surface area contributed by atoms with Crippen molar-refractivity contribution in [2.24, 2.45) is 0 Å². The summed E-state index contributed by atoms with van der Waals surface area (Å²) in [7, 11) is -3.73. The molecule has 0 amide bonds. The highest BCUT2D eigenvalue weighted by Gasteiger charge is 2.27. The number of hydrogen-bond donors (Lipinski definition) is 2. The van der Waals surface area contributed by atoms with E-state index in [1.807, 2.05) is 24.3 Å². The maximum atomic E-state index is 12.5. The van der Waals surface area contributed by atoms with Crippen LogP contribution in [0.3, 0.4) is 0 Å². The molecule has 0 radical (unpaired) electrons. The number of hydrogen-bond acceptors (Lipinski definition) is 5. The van der Waals surface area contributed by atoms with Gasteiger partial charge in [0.25, 0.3) is 0 Å². The third-order valence-corrected chi connectivity index (χ3v) is 4.88. The number of nitrogens with zero attached hydrogens (tertiary/aromatic N) is 1. The number of anilines is 1. The zero-order valence-corrected chi connectivity index (χ0v) is 12.0. The maximum absolute atomic E-state index is 12.5. The normalized spacial score (nSPS) is 17.8. The van der Waals surface area contributed by atoms with E-state index in [1.54, 1.807) is 0 Å². The Kier molecular flexibility index (Phi) is 3.52. The molecule has 2 heterocycles. The molecule has 1 aromatic carbocycles. The summed E-state index contributed by atoms with van der Waals surface area (Å²) in [5, 5.41) is 0. The fourth-order valence-corrected chi connectivity index (χ4v) is 3.65. The fourth-order valence-electron chi connectivity index (χ4n) is 2.33. The van der Waals surface area contributed by atoms with Crippen LogP contribution in [0.4, 0.5) is 5.69 Å². The number of sulfonamides is 1. The molecule has 2 aromatic rings. The van der Waals surface area contributed by atoms with Crippen LogP contribution in [0.5, 0.6) is 5.75 Å². The number of fused-ring (bicyclic) bond motifs is 1. The molecule has 0 aliphatic carbocycles. The summed E-state index contributed by atoms with van der Waals surface area (Å²) in [6.07, 6.45) is 3.28. The van der Waals surface area contributed by atoms with Gasteiger partial charge in [-0.15, -0.1) is 0 Å². The molecule has 7 heteroatoms. The van der Waals surface area contributed by atoms with E-state index >= 15 is 0 Å². The average Bonchev–Trinajstić information content (AvgIpc) is 2.47. The van der Waals surface area contributed by atoms with Crippen molar-refractivity contribution in [3.8, 4) is 5.75 Å². The minimum atomic E-state index is -3.73. The lowest BCUT2D eigenvalue weighted by Gasteiger charge is -2.26. The van der Waals surface area contributed by atoms with E-state index in [0.29, 0.717) is 18.8 Å². The van der Waals surface area contributed by atoms with Gasteiger partial charge in [-0.05, 0) is 12.1 Å². The highest BCUT2D eigenvalue weighted by Crippen LogP contribution is 2.32. The van der Waals surface area contributed by atoms with Crippen molar-refractivity contribution >= 4 is 15.7 Å². The Bertz CT molecular complexity index is 762. The summed E-state index contributed by atoms with van der Waals surface area (Å²) in [4.78, 5) is 3.82. The first-order chi connectivity index (χ1) is 10.1. The topological polar surface area (TPSA) is 94.3 Å². The largest absolute Gasteiger partial charge is 0.493 e. The van der Waals surface area contributed by atoms with Crippen LogP contribution in [0, 0.1) is 0 Å². The lowest BCUT2D eigenvalue weighted by molar-refractivity contribution is 0.263. The van der Waals surface area contributed by atoms with E-state index in [0.717, 1.165) is 5.56 Å². The summed E-state index contributed by atoms with van der Waals surface area (Å²) < 4.78 is 33.1. The van der Waals surface area contributed by atoms with E-state index in [4.69, 9.17) is 10.5 Å². The molecule has 3 N–H and O–H groups in total. The molecule has 0 saturated carbocycles. The van der Waals surface area contributed by atoms with Crippen LogP contribution < -0.4 is 15.2 Å². The van der Waals surface area contributed by atoms with E-state index in [1.165, 1.54) is 18.5 Å². The Hall–Kier alpha value is -2.12. The van der Waals surface area contributed by atoms with Gasteiger partial charge in [-0.3, -0.25) is 4.98 Å². The van der Waals surface area contributed by atoms with E-state index in [9.17, 15) is 8.42 Å². The van der Waals surface area contributed by atoms with E-state index < -0.39 is 10.0 Å². The minimum Gasteiger partial charge on any atom is -0.493 e. The van der Waals surface area contributed by atoms with Crippen molar-refractivity contribution in [1.82, 2.24) is 9.71 Å². The summed E-state index contributed by atoms with van der Waals surface area (Å²) in [5.41, 5.74) is 6.73. The number of nitrogen functional groups attached to an aromatic ring is 1. The minimum absolute atomic E-state index is 0.00558. The monoisotopic (exact) mass is 305 g/mol. The molecule has 1 unspecified atom stereocenters. The number of rotatable bonds is 3. The first kappa shape index (κ1) is 13.8. The maximum Gasteiger partial charge on any atom is 0.244 e. The Morgan fingerprint density at radius 3 is 2.90 bits per heavy atom. The van der Waals surface area contributed by atoms with E-state index in [-0.39, 0.29) is 16.6 Å². The molecule has 0 bridgehead atoms. The number of nitrogens with two attached hydrogens (primary N) is 1. The van der Waals surface area contributed by atoms with Crippen LogP contribution >= 0.6 is 0 Å². The first-order valence-corrected chi connectivity index (χ1v) is 8.00. The molecule has 1 aliphatic heterocycles. The number of para-hydroxylation sites is 1. The molecule has 21 heavy (non-hydrogen) atoms. The standard InChI is InChI=1S/C14H15N3O3S/c15-11-5-7-16-9-14(11)21(18,19)17-12-6-8-20-13-4-2-1-3-10(12)13/h1-5,7,9,12,17H,6,8H2,(H2,15,16). The van der Waals surface area contributed by atoms with Crippen molar-refractivity contribution in [2.45, 2.75) is 17.4 Å². The molecular weight excluding hydrogens is 290 g/mol. The highest BCUT2D eigenvalue weighted by atomic mass is 32.2. The van der Waals surface area contributed by atoms with Gasteiger partial charge >= 0.3 is 0 Å². The van der Waals surface area contributed by atoms with Crippen molar-refractivity contribution in [2.75, 3.05) is 12.3 Å². The third-order valence-electron chi connectivity index (χ3n) is 3.36. The second-order valence-corrected chi connectivity index (χ2v) is 6.44. The predicted octanol–water partition coefficient (Wildman–Crippen LogP) is 1.47. The Labute approximate surface area is 123 Å². The SMILES string of the molecule is Nc1ccncc1S(=O)(=O)NC1CCOc2ccccc21. The number of benzene rings is 1. The fraction of sp³-hybridized carbons (Fsp3) is 0.214. The van der Waals surface area contributed by atoms with Gasteiger partial charge in [-0.2, -0.15) is 0 Å². The molecule has 0 spiro atoms. The summed E-state index contributed by atoms with van der Waals surface area (Å²) >= 11 is 0. The van der Waals surface area contributed by atoms with Gasteiger partial charge in [0.05, 0.1) is 18.3 Å². The van der Waals surface area contributed by atoms with Crippen LogP contribution in [0.15, 0.2) is 47.6 Å². The zero-order valence-electron chi connectivity index (χ0n) is 11.2. The number of nitrogens with one attached hydrogen (secondary N) is 1. The van der Waals surface area contributed by atoms with Gasteiger partial charge < -0.3 is 10.5 Å². The summed E-state index contributed by atoms with van der Waals surface area (Å²) in [6.45, 7) is 0.465. The van der Waals surface area contributed by atoms with Gasteiger partial charge in [0.15, 0.2) is 0 Å². The smallest absolute Gasteiger partial charge is 0.244 e. The Morgan fingerprint density at radius 2 is 2.10 bits per heavy atom.